The van der Waals surface area contributed by atoms with Crippen LogP contribution >= 0.6 is 0 Å². The van der Waals surface area contributed by atoms with E-state index < -0.39 is 21.6 Å². The fourth-order valence-corrected chi connectivity index (χ4v) is 5.54. The molecule has 10 nitrogen and oxygen atoms in total. The summed E-state index contributed by atoms with van der Waals surface area (Å²) in [7, 11) is -3.57. The van der Waals surface area contributed by atoms with Crippen LogP contribution in [0.5, 0.6) is 11.5 Å². The lowest BCUT2D eigenvalue weighted by atomic mass is 9.92. The SMILES string of the molecule is CC1(c2ccc3c(c2)OCO3)NC(=O)N(CN2CCN(S(=O)(=O)/C=C/c3ccccc3)CC2)C1=O. The lowest BCUT2D eigenvalue weighted by Crippen LogP contribution is -2.52. The second-order valence-electron chi connectivity index (χ2n) is 8.77. The van der Waals surface area contributed by atoms with Crippen molar-refractivity contribution in [2.24, 2.45) is 0 Å². The van der Waals surface area contributed by atoms with Crippen LogP contribution < -0.4 is 14.8 Å². The molecule has 0 bridgehead atoms. The number of hydrogen-bond acceptors (Lipinski definition) is 7. The molecular weight excluding hydrogens is 472 g/mol. The van der Waals surface area contributed by atoms with E-state index in [1.54, 1.807) is 31.2 Å². The minimum absolute atomic E-state index is 0.0819. The zero-order valence-electron chi connectivity index (χ0n) is 19.2. The summed E-state index contributed by atoms with van der Waals surface area (Å²) in [5, 5.41) is 4.01. The molecule has 3 aliphatic heterocycles. The van der Waals surface area contributed by atoms with Crippen LogP contribution in [0.25, 0.3) is 6.08 Å². The third-order valence-electron chi connectivity index (χ3n) is 6.49. The maximum atomic E-state index is 13.3. The first-order valence-electron chi connectivity index (χ1n) is 11.3. The molecule has 11 heteroatoms. The summed E-state index contributed by atoms with van der Waals surface area (Å²) in [5.74, 6) is 0.752. The highest BCUT2D eigenvalue weighted by Crippen LogP contribution is 2.37. The van der Waals surface area contributed by atoms with Crippen LogP contribution in [-0.2, 0) is 20.4 Å². The number of nitrogens with one attached hydrogen (secondary N) is 1. The summed E-state index contributed by atoms with van der Waals surface area (Å²) < 4.78 is 37.6. The minimum Gasteiger partial charge on any atom is -0.454 e. The molecule has 184 valence electrons. The summed E-state index contributed by atoms with van der Waals surface area (Å²) in [4.78, 5) is 29.1. The van der Waals surface area contributed by atoms with Crippen molar-refractivity contribution in [2.75, 3.05) is 39.6 Å². The number of ether oxygens (including phenoxy) is 2. The van der Waals surface area contributed by atoms with Gasteiger partial charge in [0.05, 0.1) is 6.67 Å². The first kappa shape index (κ1) is 23.3. The van der Waals surface area contributed by atoms with Crippen molar-refractivity contribution in [1.82, 2.24) is 19.4 Å². The fraction of sp³-hybridized carbons (Fsp3) is 0.333. The second kappa shape index (κ2) is 8.99. The largest absolute Gasteiger partial charge is 0.454 e. The Morgan fingerprint density at radius 1 is 1.00 bits per heavy atom. The molecule has 3 heterocycles. The van der Waals surface area contributed by atoms with Crippen LogP contribution in [-0.4, -0.2) is 74.1 Å². The molecule has 2 aromatic rings. The van der Waals surface area contributed by atoms with Gasteiger partial charge in [-0.2, -0.15) is 4.31 Å². The summed E-state index contributed by atoms with van der Waals surface area (Å²) in [6.45, 7) is 3.19. The van der Waals surface area contributed by atoms with Crippen LogP contribution in [0.3, 0.4) is 0 Å². The normalized spacial score (nSPS) is 23.3. The zero-order chi connectivity index (χ0) is 24.6. The Morgan fingerprint density at radius 2 is 1.71 bits per heavy atom. The molecule has 5 rings (SSSR count). The fourth-order valence-electron chi connectivity index (χ4n) is 4.37. The molecule has 0 saturated carbocycles. The number of piperazine rings is 1. The van der Waals surface area contributed by atoms with Gasteiger partial charge in [-0.05, 0) is 36.3 Å². The van der Waals surface area contributed by atoms with E-state index in [0.717, 1.165) is 5.56 Å². The molecule has 0 aromatic heterocycles. The maximum Gasteiger partial charge on any atom is 0.326 e. The number of nitrogens with zero attached hydrogens (tertiary/aromatic N) is 3. The van der Waals surface area contributed by atoms with Crippen molar-refractivity contribution < 1.29 is 27.5 Å². The Morgan fingerprint density at radius 3 is 2.46 bits per heavy atom. The summed E-state index contributed by atoms with van der Waals surface area (Å²) in [6.07, 6.45) is 1.58. The van der Waals surface area contributed by atoms with Crippen molar-refractivity contribution in [3.8, 4) is 11.5 Å². The maximum absolute atomic E-state index is 13.3. The summed E-state index contributed by atoms with van der Waals surface area (Å²) in [5.41, 5.74) is 0.174. The van der Waals surface area contributed by atoms with Crippen LogP contribution in [0.15, 0.2) is 53.9 Å². The van der Waals surface area contributed by atoms with Gasteiger partial charge in [0.25, 0.3) is 5.91 Å². The zero-order valence-corrected chi connectivity index (χ0v) is 20.0. The predicted octanol–water partition coefficient (Wildman–Crippen LogP) is 1.76. The highest BCUT2D eigenvalue weighted by molar-refractivity contribution is 7.92. The highest BCUT2D eigenvalue weighted by atomic mass is 32.2. The standard InChI is InChI=1S/C24H26N4O6S/c1-24(19-7-8-20-21(15-19)34-17-33-20)22(29)28(23(30)25-24)16-26-10-12-27(13-11-26)35(31,32)14-9-18-5-3-2-4-6-18/h2-9,14-15H,10-13,16-17H2,1H3,(H,25,30)/b14-9+. The van der Waals surface area contributed by atoms with E-state index >= 15 is 0 Å². The van der Waals surface area contributed by atoms with Crippen LogP contribution in [0.4, 0.5) is 4.79 Å². The first-order chi connectivity index (χ1) is 16.8. The molecule has 1 N–H and O–H groups in total. The van der Waals surface area contributed by atoms with E-state index in [-0.39, 0.29) is 32.5 Å². The van der Waals surface area contributed by atoms with Gasteiger partial charge in [0.2, 0.25) is 16.8 Å². The van der Waals surface area contributed by atoms with E-state index in [9.17, 15) is 18.0 Å². The number of fused-ring (bicyclic) bond motifs is 1. The Balaban J connectivity index is 1.21. The Hall–Kier alpha value is -3.41. The number of amides is 3. The van der Waals surface area contributed by atoms with Crippen LogP contribution in [0.2, 0.25) is 0 Å². The van der Waals surface area contributed by atoms with Crippen LogP contribution in [0.1, 0.15) is 18.1 Å². The summed E-state index contributed by atoms with van der Waals surface area (Å²) in [6, 6.07) is 13.9. The van der Waals surface area contributed by atoms with E-state index in [4.69, 9.17) is 9.47 Å². The van der Waals surface area contributed by atoms with Gasteiger partial charge in [-0.1, -0.05) is 36.4 Å². The van der Waals surface area contributed by atoms with E-state index in [0.29, 0.717) is 30.2 Å². The van der Waals surface area contributed by atoms with Gasteiger partial charge in [-0.15, -0.1) is 0 Å². The van der Waals surface area contributed by atoms with Gasteiger partial charge in [-0.25, -0.2) is 18.1 Å². The monoisotopic (exact) mass is 498 g/mol. The lowest BCUT2D eigenvalue weighted by molar-refractivity contribution is -0.132. The van der Waals surface area contributed by atoms with Gasteiger partial charge >= 0.3 is 6.03 Å². The van der Waals surface area contributed by atoms with Crippen molar-refractivity contribution in [3.05, 3.63) is 65.1 Å². The number of urea groups is 1. The number of imide groups is 1. The third kappa shape index (κ3) is 4.49. The minimum atomic E-state index is -3.57. The Kier molecular flexibility index (Phi) is 5.99. The first-order valence-corrected chi connectivity index (χ1v) is 12.8. The van der Waals surface area contributed by atoms with Gasteiger partial charge < -0.3 is 14.8 Å². The number of sulfonamides is 1. The quantitative estimate of drug-likeness (QED) is 0.605. The molecule has 1 unspecified atom stereocenters. The Bertz CT molecular complexity index is 1270. The smallest absolute Gasteiger partial charge is 0.326 e. The van der Waals surface area contributed by atoms with Crippen molar-refractivity contribution >= 4 is 28.0 Å². The highest BCUT2D eigenvalue weighted by Gasteiger charge is 2.50. The van der Waals surface area contributed by atoms with Gasteiger partial charge in [0.15, 0.2) is 11.5 Å². The number of carbonyl (C=O) groups excluding carboxylic acids is 2. The predicted molar refractivity (Wildman–Crippen MR) is 128 cm³/mol. The molecule has 2 aromatic carbocycles. The molecular formula is C24H26N4O6S. The molecule has 1 atom stereocenters. The molecule has 0 radical (unpaired) electrons. The number of carbonyl (C=O) groups is 2. The number of hydrogen-bond donors (Lipinski definition) is 1. The average Bonchev–Trinajstić information content (AvgIpc) is 3.42. The molecule has 3 aliphatic rings. The lowest BCUT2D eigenvalue weighted by Gasteiger charge is -2.34. The van der Waals surface area contributed by atoms with E-state index in [2.05, 4.69) is 5.32 Å². The van der Waals surface area contributed by atoms with Gasteiger partial charge in [0, 0.05) is 31.6 Å². The molecule has 3 amide bonds. The molecule has 35 heavy (non-hydrogen) atoms. The van der Waals surface area contributed by atoms with Crippen molar-refractivity contribution in [1.29, 1.82) is 0 Å². The molecule has 2 saturated heterocycles. The third-order valence-corrected chi connectivity index (χ3v) is 8.05. The Labute approximate surface area is 203 Å². The number of benzene rings is 2. The average molecular weight is 499 g/mol. The summed E-state index contributed by atoms with van der Waals surface area (Å²) >= 11 is 0. The van der Waals surface area contributed by atoms with Crippen molar-refractivity contribution in [3.63, 3.8) is 0 Å². The number of rotatable bonds is 6. The van der Waals surface area contributed by atoms with Crippen LogP contribution in [0, 0.1) is 0 Å². The second-order valence-corrected chi connectivity index (χ2v) is 10.6. The van der Waals surface area contributed by atoms with Crippen molar-refractivity contribution in [2.45, 2.75) is 12.5 Å². The van der Waals surface area contributed by atoms with E-state index in [1.807, 2.05) is 35.2 Å². The van der Waals surface area contributed by atoms with Gasteiger partial charge in [0.1, 0.15) is 5.54 Å². The topological polar surface area (TPSA) is 108 Å². The molecule has 2 fully saturated rings. The van der Waals surface area contributed by atoms with E-state index in [1.165, 1.54) is 14.6 Å². The molecule has 0 spiro atoms. The molecule has 0 aliphatic carbocycles. The van der Waals surface area contributed by atoms with Gasteiger partial charge in [-0.3, -0.25) is 9.69 Å².